The molecular weight excluding hydrogens is 342 g/mol. The third kappa shape index (κ3) is 5.70. The molecule has 2 fully saturated rings. The maximum atomic E-state index is 12.3. The summed E-state index contributed by atoms with van der Waals surface area (Å²) in [6, 6.07) is 11.0. The number of likely N-dealkylation sites (tertiary alicyclic amines) is 2. The van der Waals surface area contributed by atoms with Crippen LogP contribution in [0.2, 0.25) is 0 Å². The molecule has 2 saturated heterocycles. The Morgan fingerprint density at radius 1 is 1.19 bits per heavy atom. The molecule has 27 heavy (non-hydrogen) atoms. The molecule has 0 aliphatic carbocycles. The van der Waals surface area contributed by atoms with Gasteiger partial charge in [0.1, 0.15) is 0 Å². The summed E-state index contributed by atoms with van der Waals surface area (Å²) >= 11 is 0. The number of nitrogens with one attached hydrogen (secondary N) is 1. The van der Waals surface area contributed by atoms with Crippen LogP contribution in [0.5, 0.6) is 0 Å². The molecule has 2 amide bonds. The second-order valence-corrected chi connectivity index (χ2v) is 7.46. The lowest BCUT2D eigenvalue weighted by atomic mass is 10.0. The topological polar surface area (TPSA) is 61.9 Å². The van der Waals surface area contributed by atoms with Crippen molar-refractivity contribution in [2.75, 3.05) is 32.8 Å². The van der Waals surface area contributed by atoms with Crippen molar-refractivity contribution >= 4 is 12.0 Å². The van der Waals surface area contributed by atoms with Crippen LogP contribution >= 0.6 is 0 Å². The third-order valence-electron chi connectivity index (χ3n) is 5.44. The first-order valence-corrected chi connectivity index (χ1v) is 10.1. The van der Waals surface area contributed by atoms with E-state index in [2.05, 4.69) is 29.6 Å². The van der Waals surface area contributed by atoms with Crippen molar-refractivity contribution in [2.24, 2.45) is 0 Å². The third-order valence-corrected chi connectivity index (χ3v) is 5.44. The van der Waals surface area contributed by atoms with Crippen LogP contribution in [0.1, 0.15) is 38.2 Å². The lowest BCUT2D eigenvalue weighted by molar-refractivity contribution is -0.127. The number of ether oxygens (including phenoxy) is 1. The van der Waals surface area contributed by atoms with Gasteiger partial charge in [-0.25, -0.2) is 4.79 Å². The second-order valence-electron chi connectivity index (χ2n) is 7.46. The number of carbonyl (C=O) groups excluding carboxylic acids is 2. The molecule has 0 unspecified atom stereocenters. The Hall–Kier alpha value is -2.08. The number of piperidine rings is 1. The van der Waals surface area contributed by atoms with E-state index in [0.717, 1.165) is 51.9 Å². The van der Waals surface area contributed by atoms with E-state index in [4.69, 9.17) is 4.74 Å². The first kappa shape index (κ1) is 19.7. The average molecular weight is 373 g/mol. The number of amides is 2. The van der Waals surface area contributed by atoms with Gasteiger partial charge in [0.25, 0.3) is 0 Å². The first-order chi connectivity index (χ1) is 13.2. The van der Waals surface area contributed by atoms with E-state index in [-0.39, 0.29) is 18.0 Å². The lowest BCUT2D eigenvalue weighted by Gasteiger charge is -2.33. The molecule has 0 radical (unpaired) electrons. The molecule has 6 nitrogen and oxygen atoms in total. The maximum absolute atomic E-state index is 12.3. The maximum Gasteiger partial charge on any atom is 0.409 e. The van der Waals surface area contributed by atoms with Crippen molar-refractivity contribution in [1.82, 2.24) is 15.1 Å². The van der Waals surface area contributed by atoms with Gasteiger partial charge in [-0.15, -0.1) is 0 Å². The minimum Gasteiger partial charge on any atom is -0.450 e. The van der Waals surface area contributed by atoms with Crippen LogP contribution in [0.4, 0.5) is 4.79 Å². The Balaban J connectivity index is 1.36. The summed E-state index contributed by atoms with van der Waals surface area (Å²) in [6.45, 7) is 5.31. The van der Waals surface area contributed by atoms with Crippen molar-refractivity contribution in [3.63, 3.8) is 0 Å². The number of aryl methyl sites for hydroxylation is 1. The van der Waals surface area contributed by atoms with Crippen LogP contribution in [0.25, 0.3) is 0 Å². The summed E-state index contributed by atoms with van der Waals surface area (Å²) in [5.74, 6) is 0.254. The van der Waals surface area contributed by atoms with E-state index in [1.54, 1.807) is 4.90 Å². The van der Waals surface area contributed by atoms with Gasteiger partial charge < -0.3 is 19.9 Å². The van der Waals surface area contributed by atoms with Gasteiger partial charge in [-0.05, 0) is 38.2 Å². The van der Waals surface area contributed by atoms with Gasteiger partial charge in [-0.3, -0.25) is 4.79 Å². The predicted molar refractivity (Wildman–Crippen MR) is 105 cm³/mol. The second kappa shape index (κ2) is 9.74. The van der Waals surface area contributed by atoms with Crippen molar-refractivity contribution in [3.05, 3.63) is 35.9 Å². The van der Waals surface area contributed by atoms with Crippen LogP contribution < -0.4 is 5.32 Å². The zero-order chi connectivity index (χ0) is 19.1. The Kier molecular flexibility index (Phi) is 7.10. The molecule has 0 spiro atoms. The molecule has 1 atom stereocenters. The molecule has 2 heterocycles. The highest BCUT2D eigenvalue weighted by Gasteiger charge is 2.32. The van der Waals surface area contributed by atoms with E-state index < -0.39 is 0 Å². The molecule has 0 bridgehead atoms. The van der Waals surface area contributed by atoms with Crippen LogP contribution in [0.3, 0.4) is 0 Å². The normalized spacial score (nSPS) is 20.9. The number of rotatable bonds is 7. The Morgan fingerprint density at radius 2 is 1.93 bits per heavy atom. The largest absolute Gasteiger partial charge is 0.450 e. The van der Waals surface area contributed by atoms with Gasteiger partial charge in [-0.2, -0.15) is 0 Å². The van der Waals surface area contributed by atoms with Crippen molar-refractivity contribution < 1.29 is 14.3 Å². The number of benzene rings is 1. The molecule has 1 aromatic carbocycles. The number of hydrogen-bond acceptors (Lipinski definition) is 4. The zero-order valence-electron chi connectivity index (χ0n) is 16.2. The smallest absolute Gasteiger partial charge is 0.409 e. The summed E-state index contributed by atoms with van der Waals surface area (Å²) in [6.07, 6.45) is 4.21. The minimum atomic E-state index is -0.211. The molecule has 1 N–H and O–H groups in total. The molecule has 2 aliphatic rings. The average Bonchev–Trinajstić information content (AvgIpc) is 3.02. The monoisotopic (exact) mass is 373 g/mol. The molecule has 3 rings (SSSR count). The fraction of sp³-hybridized carbons (Fsp3) is 0.619. The molecule has 0 saturated carbocycles. The van der Waals surface area contributed by atoms with Gasteiger partial charge in [0.15, 0.2) is 0 Å². The van der Waals surface area contributed by atoms with Gasteiger partial charge in [0.2, 0.25) is 5.91 Å². The van der Waals surface area contributed by atoms with Crippen LogP contribution in [0.15, 0.2) is 30.3 Å². The Bertz CT molecular complexity index is 614. The Morgan fingerprint density at radius 3 is 2.63 bits per heavy atom. The van der Waals surface area contributed by atoms with Gasteiger partial charge >= 0.3 is 6.09 Å². The molecule has 148 valence electrons. The summed E-state index contributed by atoms with van der Waals surface area (Å²) in [5, 5.41) is 3.64. The summed E-state index contributed by atoms with van der Waals surface area (Å²) < 4.78 is 5.06. The highest BCUT2D eigenvalue weighted by molar-refractivity contribution is 5.79. The molecule has 1 aromatic rings. The summed E-state index contributed by atoms with van der Waals surface area (Å²) in [5.41, 5.74) is 1.33. The highest BCUT2D eigenvalue weighted by atomic mass is 16.6. The standard InChI is InChI=1S/C21H31N3O3/c1-2-27-21(26)23-13-10-18(11-14-23)22-19-15-20(25)24(16-19)12-6-9-17-7-4-3-5-8-17/h3-5,7-8,18-19,22H,2,6,9-16H2,1H3/t19-/m1/s1. The van der Waals surface area contributed by atoms with Crippen molar-refractivity contribution in [3.8, 4) is 0 Å². The fourth-order valence-electron chi connectivity index (χ4n) is 4.00. The quantitative estimate of drug-likeness (QED) is 0.797. The van der Waals surface area contributed by atoms with Crippen molar-refractivity contribution in [2.45, 2.75) is 51.1 Å². The number of nitrogens with zero attached hydrogens (tertiary/aromatic N) is 2. The molecule has 0 aromatic heterocycles. The van der Waals surface area contributed by atoms with Crippen molar-refractivity contribution in [1.29, 1.82) is 0 Å². The Labute approximate surface area is 161 Å². The molecule has 2 aliphatic heterocycles. The fourth-order valence-corrected chi connectivity index (χ4v) is 4.00. The van der Waals surface area contributed by atoms with E-state index in [9.17, 15) is 9.59 Å². The molecule has 6 heteroatoms. The minimum absolute atomic E-state index is 0.211. The van der Waals surface area contributed by atoms with E-state index in [0.29, 0.717) is 19.1 Å². The lowest BCUT2D eigenvalue weighted by Crippen LogP contribution is -2.48. The van der Waals surface area contributed by atoms with Gasteiger partial charge in [0, 0.05) is 44.7 Å². The van der Waals surface area contributed by atoms with E-state index in [1.807, 2.05) is 17.9 Å². The predicted octanol–water partition coefficient (Wildman–Crippen LogP) is 2.43. The van der Waals surface area contributed by atoms with Gasteiger partial charge in [-0.1, -0.05) is 30.3 Å². The zero-order valence-corrected chi connectivity index (χ0v) is 16.2. The first-order valence-electron chi connectivity index (χ1n) is 10.1. The van der Waals surface area contributed by atoms with Crippen LogP contribution in [-0.4, -0.2) is 66.7 Å². The number of carbonyl (C=O) groups is 2. The van der Waals surface area contributed by atoms with Crippen LogP contribution in [0, 0.1) is 0 Å². The highest BCUT2D eigenvalue weighted by Crippen LogP contribution is 2.17. The summed E-state index contributed by atoms with van der Waals surface area (Å²) in [7, 11) is 0. The van der Waals surface area contributed by atoms with E-state index in [1.165, 1.54) is 5.56 Å². The molecular formula is C21H31N3O3. The SMILES string of the molecule is CCOC(=O)N1CCC(N[C@@H]2CC(=O)N(CCCc3ccccc3)C2)CC1. The summed E-state index contributed by atoms with van der Waals surface area (Å²) in [4.78, 5) is 27.8. The van der Waals surface area contributed by atoms with Gasteiger partial charge in [0.05, 0.1) is 6.61 Å². The number of hydrogen-bond donors (Lipinski definition) is 1. The van der Waals surface area contributed by atoms with E-state index >= 15 is 0 Å². The van der Waals surface area contributed by atoms with Crippen LogP contribution in [-0.2, 0) is 16.0 Å².